The summed E-state index contributed by atoms with van der Waals surface area (Å²) in [5.41, 5.74) is 19.1. The molecular weight excluding hydrogens is 705 g/mol. The Bertz CT molecular complexity index is 2610. The molecule has 4 heteroatoms. The first-order chi connectivity index (χ1) is 27.4. The molecule has 0 saturated carbocycles. The van der Waals surface area contributed by atoms with Crippen molar-refractivity contribution in [3.8, 4) is 34.1 Å². The first-order valence-electron chi connectivity index (χ1n) is 21.4. The molecule has 292 valence electrons. The molecular formula is C54H56BNO2. The zero-order valence-corrected chi connectivity index (χ0v) is 36.3. The number of aryl methyl sites for hydroxylation is 1. The second-order valence-electron chi connectivity index (χ2n) is 20.9. The maximum atomic E-state index is 7.43. The third-order valence-electron chi connectivity index (χ3n) is 13.6. The van der Waals surface area contributed by atoms with Crippen molar-refractivity contribution in [3.63, 3.8) is 0 Å². The second-order valence-corrected chi connectivity index (χ2v) is 20.9. The van der Waals surface area contributed by atoms with Gasteiger partial charge in [-0.25, -0.2) is 0 Å². The summed E-state index contributed by atoms with van der Waals surface area (Å²) in [6, 6.07) is 39.1. The van der Waals surface area contributed by atoms with E-state index >= 15 is 0 Å². The normalized spacial score (nSPS) is 15.7. The highest BCUT2D eigenvalue weighted by Gasteiger charge is 2.47. The number of fused-ring (bicyclic) bond motifs is 10. The summed E-state index contributed by atoms with van der Waals surface area (Å²) >= 11 is 0. The highest BCUT2D eigenvalue weighted by Crippen LogP contribution is 2.56. The highest BCUT2D eigenvalue weighted by atomic mass is 16.5. The van der Waals surface area contributed by atoms with E-state index < -0.39 is 0 Å². The lowest BCUT2D eigenvalue weighted by molar-refractivity contribution is 0.464. The van der Waals surface area contributed by atoms with E-state index in [1.165, 1.54) is 68.3 Å². The largest absolute Gasteiger partial charge is 0.458 e. The molecule has 4 aliphatic rings. The molecule has 0 spiro atoms. The van der Waals surface area contributed by atoms with Gasteiger partial charge >= 0.3 is 0 Å². The lowest BCUT2D eigenvalue weighted by Gasteiger charge is -2.36. The summed E-state index contributed by atoms with van der Waals surface area (Å²) in [5, 5.41) is 0. The van der Waals surface area contributed by atoms with Gasteiger partial charge in [0.1, 0.15) is 23.0 Å². The van der Waals surface area contributed by atoms with Crippen LogP contribution in [0.4, 0.5) is 17.1 Å². The molecule has 0 bridgehead atoms. The van der Waals surface area contributed by atoms with Gasteiger partial charge in [-0.15, -0.1) is 0 Å². The zero-order valence-electron chi connectivity index (χ0n) is 36.3. The predicted molar refractivity (Wildman–Crippen MR) is 245 cm³/mol. The average Bonchev–Trinajstić information content (AvgIpc) is 3.74. The lowest BCUT2D eigenvalue weighted by atomic mass is 9.34. The molecule has 10 rings (SSSR count). The van der Waals surface area contributed by atoms with Crippen LogP contribution in [0.3, 0.4) is 0 Å². The number of hydrogen-bond acceptors (Lipinski definition) is 3. The van der Waals surface area contributed by atoms with Crippen LogP contribution in [0.2, 0.25) is 0 Å². The first kappa shape index (κ1) is 37.1. The van der Waals surface area contributed by atoms with Crippen molar-refractivity contribution >= 4 is 40.2 Å². The van der Waals surface area contributed by atoms with Crippen LogP contribution in [-0.4, -0.2) is 6.71 Å². The van der Waals surface area contributed by atoms with Crippen LogP contribution < -0.4 is 30.8 Å². The van der Waals surface area contributed by atoms with Crippen LogP contribution in [0.25, 0.3) is 11.1 Å². The van der Waals surface area contributed by atoms with Gasteiger partial charge in [-0.1, -0.05) is 137 Å². The molecule has 6 aromatic rings. The monoisotopic (exact) mass is 761 g/mol. The van der Waals surface area contributed by atoms with Gasteiger partial charge in [0.25, 0.3) is 6.71 Å². The van der Waals surface area contributed by atoms with Gasteiger partial charge in [0, 0.05) is 39.9 Å². The minimum absolute atomic E-state index is 0.0111. The summed E-state index contributed by atoms with van der Waals surface area (Å²) in [5.74, 6) is 3.62. The first-order valence-corrected chi connectivity index (χ1v) is 21.4. The van der Waals surface area contributed by atoms with Crippen molar-refractivity contribution in [2.24, 2.45) is 0 Å². The van der Waals surface area contributed by atoms with Gasteiger partial charge in [-0.05, 0) is 121 Å². The van der Waals surface area contributed by atoms with Gasteiger partial charge in [0.2, 0.25) is 0 Å². The van der Waals surface area contributed by atoms with E-state index in [2.05, 4.69) is 184 Å². The molecule has 3 nitrogen and oxygen atoms in total. The van der Waals surface area contributed by atoms with Crippen molar-refractivity contribution in [2.75, 3.05) is 4.90 Å². The van der Waals surface area contributed by atoms with Crippen molar-refractivity contribution in [1.29, 1.82) is 0 Å². The fourth-order valence-electron chi connectivity index (χ4n) is 10.3. The lowest BCUT2D eigenvalue weighted by Crippen LogP contribution is -2.57. The van der Waals surface area contributed by atoms with Crippen LogP contribution in [0.5, 0.6) is 23.0 Å². The molecule has 0 unspecified atom stereocenters. The summed E-state index contributed by atoms with van der Waals surface area (Å²) in [6.45, 7) is 25.3. The Morgan fingerprint density at radius 2 is 1.14 bits per heavy atom. The molecule has 0 atom stereocenters. The number of benzene rings is 6. The SMILES string of the molecule is CC(C)(C)c1ccc(N(c2ccc(C(C)(C)C)cc2)c2cc3c4c(c2)Oc2c(ccc5c2-c2ccc6c(c2C5(C)C)CCC6)B4c2cc(C(C)(C)C)ccc2O3)cc1. The van der Waals surface area contributed by atoms with Crippen molar-refractivity contribution in [1.82, 2.24) is 0 Å². The predicted octanol–water partition coefficient (Wildman–Crippen LogP) is 12.6. The van der Waals surface area contributed by atoms with E-state index in [1.807, 2.05) is 0 Å². The van der Waals surface area contributed by atoms with E-state index in [9.17, 15) is 0 Å². The second kappa shape index (κ2) is 12.4. The molecule has 6 aromatic carbocycles. The van der Waals surface area contributed by atoms with Crippen LogP contribution in [-0.2, 0) is 34.5 Å². The van der Waals surface area contributed by atoms with Gasteiger partial charge in [0.05, 0.1) is 5.69 Å². The third-order valence-corrected chi connectivity index (χ3v) is 13.6. The number of ether oxygens (including phenoxy) is 2. The van der Waals surface area contributed by atoms with Gasteiger partial charge < -0.3 is 14.4 Å². The summed E-state index contributed by atoms with van der Waals surface area (Å²) < 4.78 is 14.5. The molecule has 0 aromatic heterocycles. The molecule has 0 N–H and O–H groups in total. The van der Waals surface area contributed by atoms with E-state index in [0.29, 0.717) is 0 Å². The Balaban J connectivity index is 1.21. The quantitative estimate of drug-likeness (QED) is 0.167. The van der Waals surface area contributed by atoms with E-state index in [0.717, 1.165) is 51.9 Å². The maximum absolute atomic E-state index is 7.43. The Labute approximate surface area is 346 Å². The van der Waals surface area contributed by atoms with Crippen molar-refractivity contribution in [2.45, 2.75) is 117 Å². The van der Waals surface area contributed by atoms with E-state index in [4.69, 9.17) is 9.47 Å². The fraction of sp³-hybridized carbons (Fsp3) is 0.333. The van der Waals surface area contributed by atoms with Crippen LogP contribution in [0, 0.1) is 0 Å². The van der Waals surface area contributed by atoms with Gasteiger partial charge in [0.15, 0.2) is 0 Å². The molecule has 0 fully saturated rings. The minimum Gasteiger partial charge on any atom is -0.458 e. The maximum Gasteiger partial charge on any atom is 0.260 e. The van der Waals surface area contributed by atoms with Crippen molar-refractivity contribution in [3.05, 3.63) is 142 Å². The van der Waals surface area contributed by atoms with Crippen LogP contribution >= 0.6 is 0 Å². The minimum atomic E-state index is -0.117. The summed E-state index contributed by atoms with van der Waals surface area (Å²) in [7, 11) is 0. The average molecular weight is 762 g/mol. The zero-order chi connectivity index (χ0) is 40.7. The van der Waals surface area contributed by atoms with Crippen molar-refractivity contribution < 1.29 is 9.47 Å². The van der Waals surface area contributed by atoms with Gasteiger partial charge in [-0.3, -0.25) is 0 Å². The Hall–Kier alpha value is -5.22. The molecule has 58 heavy (non-hydrogen) atoms. The van der Waals surface area contributed by atoms with Gasteiger partial charge in [-0.2, -0.15) is 0 Å². The van der Waals surface area contributed by atoms with E-state index in [-0.39, 0.29) is 28.4 Å². The standard InChI is InChI=1S/C54H56BNO2/c1-51(2,3)33-16-21-36(22-17-33)56(37-23-18-34(19-24-37)52(4,5)6)38-30-45-49-46(31-38)58-50-42(55(49)43-29-35(53(7,8)9)20-28-44(43)57-45)27-26-41-47(50)40-25-15-32-13-12-14-39(32)48(40)54(41,10)11/h15-31H,12-14H2,1-11H3. The smallest absolute Gasteiger partial charge is 0.260 e. The molecule has 2 heterocycles. The fourth-order valence-corrected chi connectivity index (χ4v) is 10.3. The Morgan fingerprint density at radius 3 is 1.74 bits per heavy atom. The number of hydrogen-bond donors (Lipinski definition) is 0. The highest BCUT2D eigenvalue weighted by molar-refractivity contribution is 6.98. The number of rotatable bonds is 3. The Morgan fingerprint density at radius 1 is 0.552 bits per heavy atom. The molecule has 2 aliphatic carbocycles. The molecule has 0 amide bonds. The summed E-state index contributed by atoms with van der Waals surface area (Å²) in [6.07, 6.45) is 3.56. The van der Waals surface area contributed by atoms with Crippen LogP contribution in [0.15, 0.2) is 103 Å². The third kappa shape index (κ3) is 5.61. The van der Waals surface area contributed by atoms with Crippen LogP contribution in [0.1, 0.15) is 122 Å². The summed E-state index contributed by atoms with van der Waals surface area (Å²) in [4.78, 5) is 2.36. The molecule has 2 aliphatic heterocycles. The number of nitrogens with zero attached hydrogens (tertiary/aromatic N) is 1. The topological polar surface area (TPSA) is 21.7 Å². The van der Waals surface area contributed by atoms with E-state index in [1.54, 1.807) is 5.56 Å². The molecule has 0 saturated heterocycles. The Kier molecular flexibility index (Phi) is 7.93. The number of anilines is 3. The molecule has 0 radical (unpaired) electrons.